The maximum Gasteiger partial charge on any atom is 0.359 e. The van der Waals surface area contributed by atoms with Crippen LogP contribution in [0.25, 0.3) is 27.4 Å². The van der Waals surface area contributed by atoms with Gasteiger partial charge in [-0.25, -0.2) is 18.5 Å². The van der Waals surface area contributed by atoms with Gasteiger partial charge in [0, 0.05) is 30.4 Å². The summed E-state index contributed by atoms with van der Waals surface area (Å²) in [6.45, 7) is 0.0533. The number of aromatic nitrogens is 5. The number of nitrogens with one attached hydrogen (secondary N) is 1. The number of carbonyl (C=O) groups is 1. The lowest BCUT2D eigenvalue weighted by Gasteiger charge is -2.19. The molecule has 48 heavy (non-hydrogen) atoms. The van der Waals surface area contributed by atoms with Gasteiger partial charge in [-0.15, -0.1) is 0 Å². The molecule has 0 bridgehead atoms. The van der Waals surface area contributed by atoms with Crippen LogP contribution in [-0.2, 0) is 31.2 Å². The molecule has 0 saturated heterocycles. The summed E-state index contributed by atoms with van der Waals surface area (Å²) < 4.78 is 18.0. The highest BCUT2D eigenvalue weighted by Gasteiger charge is 2.22. The van der Waals surface area contributed by atoms with Crippen molar-refractivity contribution in [1.29, 1.82) is 5.26 Å². The van der Waals surface area contributed by atoms with Crippen molar-refractivity contribution < 1.29 is 14.3 Å². The second kappa shape index (κ2) is 13.1. The molecule has 6 rings (SSSR count). The predicted molar refractivity (Wildman–Crippen MR) is 180 cm³/mol. The number of hydrogen-bond acceptors (Lipinski definition) is 8. The van der Waals surface area contributed by atoms with Gasteiger partial charge in [0.25, 0.3) is 0 Å². The molecule has 0 radical (unpaired) electrons. The van der Waals surface area contributed by atoms with Crippen molar-refractivity contribution in [3.05, 3.63) is 121 Å². The molecule has 0 amide bonds. The highest BCUT2D eigenvalue weighted by atomic mass is 35.5. The van der Waals surface area contributed by atoms with Gasteiger partial charge in [0.15, 0.2) is 0 Å². The second-order valence-electron chi connectivity index (χ2n) is 11.1. The highest BCUT2D eigenvalue weighted by molar-refractivity contribution is 6.34. The number of fused-ring (bicyclic) bond motifs is 2. The topological polar surface area (TPSA) is 174 Å². The fourth-order valence-corrected chi connectivity index (χ4v) is 6.14. The molecule has 0 aliphatic rings. The van der Waals surface area contributed by atoms with E-state index in [1.54, 1.807) is 60.3 Å². The molecule has 2 heterocycles. The van der Waals surface area contributed by atoms with E-state index in [-0.39, 0.29) is 48.2 Å². The monoisotopic (exact) mass is 666 g/mol. The van der Waals surface area contributed by atoms with Crippen LogP contribution in [0.5, 0.6) is 0 Å². The fourth-order valence-electron chi connectivity index (χ4n) is 5.88. The lowest BCUT2D eigenvalue weighted by atomic mass is 9.99. The zero-order valence-corrected chi connectivity index (χ0v) is 26.3. The molecular weight excluding hydrogens is 639 g/mol. The maximum absolute atomic E-state index is 14.5. The number of nitriles is 1. The second-order valence-corrected chi connectivity index (χ2v) is 11.6. The molecule has 0 aliphatic heterocycles. The van der Waals surface area contributed by atoms with E-state index >= 15 is 0 Å². The third-order valence-electron chi connectivity index (χ3n) is 8.00. The first-order valence-electron chi connectivity index (χ1n) is 14.9. The number of halogens is 2. The highest BCUT2D eigenvalue weighted by Crippen LogP contribution is 2.35. The Morgan fingerprint density at radius 2 is 1.90 bits per heavy atom. The van der Waals surface area contributed by atoms with Crippen LogP contribution < -0.4 is 22.4 Å². The zero-order chi connectivity index (χ0) is 34.1. The summed E-state index contributed by atoms with van der Waals surface area (Å²) in [6, 6.07) is 17.7. The van der Waals surface area contributed by atoms with Crippen molar-refractivity contribution in [2.45, 2.75) is 25.8 Å². The molecule has 0 saturated carbocycles. The van der Waals surface area contributed by atoms with Gasteiger partial charge in [0.1, 0.15) is 11.9 Å². The lowest BCUT2D eigenvalue weighted by molar-refractivity contribution is -0.136. The standard InChI is InChI=1S/C34H28ClFN8O4/c1-42-18-24-23(12-13-37)31(25(35)15-27(24)41-42)39-32-40-33(47)44(34(48)43(32)17-19-8-10-26(36)22(14-19)16-38)28-7-3-6-20-4-2-5-21(30(20)28)9-11-29(45)46/h2-8,10,14-15,18H,9,11-13,17,37H2,1H3,(H,45,46)(H,39,40,47). The summed E-state index contributed by atoms with van der Waals surface area (Å²) in [4.78, 5) is 44.1. The van der Waals surface area contributed by atoms with Gasteiger partial charge in [-0.2, -0.15) is 15.3 Å². The number of hydrogen-bond donors (Lipinski definition) is 3. The van der Waals surface area contributed by atoms with Crippen LogP contribution >= 0.6 is 11.6 Å². The Balaban J connectivity index is 1.60. The molecule has 2 aromatic heterocycles. The van der Waals surface area contributed by atoms with Crippen LogP contribution in [-0.4, -0.2) is 41.5 Å². The smallest absolute Gasteiger partial charge is 0.359 e. The van der Waals surface area contributed by atoms with Crippen LogP contribution in [0.2, 0.25) is 5.02 Å². The van der Waals surface area contributed by atoms with Crippen LogP contribution in [0, 0.1) is 17.1 Å². The number of aryl methyl sites for hydroxylation is 2. The first-order valence-corrected chi connectivity index (χ1v) is 15.2. The van der Waals surface area contributed by atoms with E-state index in [0.717, 1.165) is 16.0 Å². The van der Waals surface area contributed by atoms with Crippen molar-refractivity contribution in [3.8, 4) is 11.8 Å². The van der Waals surface area contributed by atoms with Crippen LogP contribution in [0.4, 0.5) is 16.0 Å². The molecule has 4 aromatic carbocycles. The molecule has 0 aliphatic carbocycles. The molecule has 0 fully saturated rings. The Morgan fingerprint density at radius 1 is 1.12 bits per heavy atom. The predicted octanol–water partition coefficient (Wildman–Crippen LogP) is 4.41. The quantitative estimate of drug-likeness (QED) is 0.191. The van der Waals surface area contributed by atoms with Gasteiger partial charge in [0.2, 0.25) is 5.95 Å². The van der Waals surface area contributed by atoms with Crippen molar-refractivity contribution in [2.75, 3.05) is 11.9 Å². The molecule has 6 aromatic rings. The average molecular weight is 667 g/mol. The van der Waals surface area contributed by atoms with Crippen molar-refractivity contribution in [1.82, 2.24) is 23.9 Å². The molecule has 4 N–H and O–H groups in total. The van der Waals surface area contributed by atoms with Crippen molar-refractivity contribution in [3.63, 3.8) is 0 Å². The Morgan fingerprint density at radius 3 is 2.62 bits per heavy atom. The number of carboxylic acid groups (broad SMARTS) is 1. The first-order chi connectivity index (χ1) is 23.1. The Kier molecular flexibility index (Phi) is 8.77. The van der Waals surface area contributed by atoms with Gasteiger partial charge in [-0.05, 0) is 65.7 Å². The van der Waals surface area contributed by atoms with Gasteiger partial charge in [-0.1, -0.05) is 48.0 Å². The molecule has 0 spiro atoms. The average Bonchev–Trinajstić information content (AvgIpc) is 3.43. The molecular formula is C34H28ClFN8O4. The summed E-state index contributed by atoms with van der Waals surface area (Å²) in [5, 5.41) is 28.6. The number of rotatable bonds is 10. The Bertz CT molecular complexity index is 2410. The van der Waals surface area contributed by atoms with Gasteiger partial charge < -0.3 is 16.2 Å². The Labute approximate surface area is 277 Å². The Hall–Kier alpha value is -5.84. The maximum atomic E-state index is 14.5. The van der Waals surface area contributed by atoms with E-state index in [2.05, 4.69) is 15.4 Å². The van der Waals surface area contributed by atoms with E-state index in [9.17, 15) is 29.1 Å². The number of nitrogens with two attached hydrogens (primary N) is 1. The summed E-state index contributed by atoms with van der Waals surface area (Å²) in [7, 11) is 1.77. The van der Waals surface area contributed by atoms with E-state index in [1.165, 1.54) is 16.7 Å². The lowest BCUT2D eigenvalue weighted by Crippen LogP contribution is -2.42. The largest absolute Gasteiger partial charge is 0.481 e. The zero-order valence-electron chi connectivity index (χ0n) is 25.6. The van der Waals surface area contributed by atoms with Gasteiger partial charge in [-0.3, -0.25) is 14.0 Å². The van der Waals surface area contributed by atoms with Gasteiger partial charge in [0.05, 0.1) is 34.0 Å². The van der Waals surface area contributed by atoms with Gasteiger partial charge >= 0.3 is 17.3 Å². The van der Waals surface area contributed by atoms with Crippen molar-refractivity contribution >= 4 is 50.9 Å². The van der Waals surface area contributed by atoms with E-state index < -0.39 is 23.2 Å². The summed E-state index contributed by atoms with van der Waals surface area (Å²) in [6.07, 6.45) is 2.19. The number of anilines is 2. The first kappa shape index (κ1) is 32.1. The fraction of sp³-hybridized carbons (Fsp3) is 0.176. The van der Waals surface area contributed by atoms with Crippen LogP contribution in [0.3, 0.4) is 0 Å². The summed E-state index contributed by atoms with van der Waals surface area (Å²) >= 11 is 6.74. The van der Waals surface area contributed by atoms with E-state index in [0.29, 0.717) is 45.1 Å². The molecule has 12 nitrogen and oxygen atoms in total. The van der Waals surface area contributed by atoms with Crippen molar-refractivity contribution in [2.24, 2.45) is 12.8 Å². The number of carboxylic acids is 1. The summed E-state index contributed by atoms with van der Waals surface area (Å²) in [5.41, 5.74) is 6.97. The van der Waals surface area contributed by atoms with E-state index in [4.69, 9.17) is 17.3 Å². The minimum absolute atomic E-state index is 0.154. The number of aliphatic carboxylic acids is 1. The molecule has 14 heteroatoms. The minimum Gasteiger partial charge on any atom is -0.481 e. The minimum atomic E-state index is -0.991. The molecule has 242 valence electrons. The molecule has 0 unspecified atom stereocenters. The third kappa shape index (κ3) is 6.02. The van der Waals surface area contributed by atoms with E-state index in [1.807, 2.05) is 6.20 Å². The third-order valence-corrected chi connectivity index (χ3v) is 8.30. The number of benzene rings is 4. The van der Waals surface area contributed by atoms with Crippen LogP contribution in [0.1, 0.15) is 28.7 Å². The SMILES string of the molecule is Cn1cc2c(CCN)c(Nc3nc(=O)n(-c4cccc5cccc(CCC(=O)O)c45)c(=O)n3Cc3ccc(F)c(C#N)c3)c(Cl)cc2n1. The summed E-state index contributed by atoms with van der Waals surface area (Å²) in [5.74, 6) is -1.87. The molecule has 0 atom stereocenters. The normalized spacial score (nSPS) is 11.2. The van der Waals surface area contributed by atoms with Crippen LogP contribution in [0.15, 0.2) is 76.4 Å². The number of nitrogens with zero attached hydrogens (tertiary/aromatic N) is 6.